The molecule has 1 aromatic rings. The molecule has 4 heteroatoms. The van der Waals surface area contributed by atoms with Crippen LogP contribution in [0.4, 0.5) is 0 Å². The van der Waals surface area contributed by atoms with Gasteiger partial charge in [-0.3, -0.25) is 4.79 Å². The maximum absolute atomic E-state index is 11.0. The summed E-state index contributed by atoms with van der Waals surface area (Å²) in [5.41, 5.74) is 0.790. The van der Waals surface area contributed by atoms with Crippen LogP contribution in [-0.4, -0.2) is 42.2 Å². The molecular formula is C15H21NO3. The molecule has 1 fully saturated rings. The van der Waals surface area contributed by atoms with Crippen LogP contribution in [0.3, 0.4) is 0 Å². The van der Waals surface area contributed by atoms with Gasteiger partial charge >= 0.3 is 5.97 Å². The van der Waals surface area contributed by atoms with Crippen molar-refractivity contribution < 1.29 is 14.6 Å². The molecule has 4 nitrogen and oxygen atoms in total. The van der Waals surface area contributed by atoms with Crippen LogP contribution in [0.1, 0.15) is 31.2 Å². The van der Waals surface area contributed by atoms with Gasteiger partial charge in [-0.1, -0.05) is 12.1 Å². The van der Waals surface area contributed by atoms with Gasteiger partial charge in [0, 0.05) is 13.1 Å². The van der Waals surface area contributed by atoms with Gasteiger partial charge in [-0.25, -0.2) is 0 Å². The van der Waals surface area contributed by atoms with Gasteiger partial charge in [0.15, 0.2) is 0 Å². The Labute approximate surface area is 114 Å². The third-order valence-electron chi connectivity index (χ3n) is 3.70. The quantitative estimate of drug-likeness (QED) is 0.906. The highest BCUT2D eigenvalue weighted by Gasteiger charge is 2.19. The molecule has 1 saturated heterocycles. The average molecular weight is 263 g/mol. The predicted molar refractivity (Wildman–Crippen MR) is 73.6 cm³/mol. The van der Waals surface area contributed by atoms with Crippen molar-refractivity contribution in [3.63, 3.8) is 0 Å². The highest BCUT2D eigenvalue weighted by Crippen LogP contribution is 2.23. The summed E-state index contributed by atoms with van der Waals surface area (Å²) in [5, 5.41) is 9.03. The minimum Gasteiger partial charge on any atom is -0.490 e. The van der Waals surface area contributed by atoms with E-state index in [0.29, 0.717) is 0 Å². The molecule has 1 aliphatic heterocycles. The second-order valence-corrected chi connectivity index (χ2v) is 5.25. The van der Waals surface area contributed by atoms with Crippen LogP contribution in [0.15, 0.2) is 24.3 Å². The summed E-state index contributed by atoms with van der Waals surface area (Å²) in [6.45, 7) is 3.79. The fourth-order valence-electron chi connectivity index (χ4n) is 2.29. The number of carboxylic acids is 1. The normalized spacial score (nSPS) is 19.1. The summed E-state index contributed by atoms with van der Waals surface area (Å²) in [4.78, 5) is 13.3. The van der Waals surface area contributed by atoms with Crippen molar-refractivity contribution in [2.24, 2.45) is 0 Å². The zero-order valence-electron chi connectivity index (χ0n) is 11.5. The van der Waals surface area contributed by atoms with Crippen molar-refractivity contribution in [1.29, 1.82) is 0 Å². The summed E-state index contributed by atoms with van der Waals surface area (Å²) in [7, 11) is 2.12. The Kier molecular flexibility index (Phi) is 4.43. The third-order valence-corrected chi connectivity index (χ3v) is 3.70. The van der Waals surface area contributed by atoms with Gasteiger partial charge < -0.3 is 14.7 Å². The number of piperidine rings is 1. The molecule has 104 valence electrons. The Bertz CT molecular complexity index is 439. The number of aliphatic carboxylic acids is 1. The van der Waals surface area contributed by atoms with E-state index in [9.17, 15) is 4.79 Å². The molecule has 1 atom stereocenters. The molecule has 1 unspecified atom stereocenters. The Balaban J connectivity index is 2.01. The molecule has 0 spiro atoms. The average Bonchev–Trinajstić information content (AvgIpc) is 2.41. The lowest BCUT2D eigenvalue weighted by Crippen LogP contribution is -2.35. The van der Waals surface area contributed by atoms with Crippen molar-refractivity contribution in [3.8, 4) is 5.75 Å². The smallest absolute Gasteiger partial charge is 0.310 e. The summed E-state index contributed by atoms with van der Waals surface area (Å²) in [6, 6.07) is 7.44. The summed E-state index contributed by atoms with van der Waals surface area (Å²) in [5.74, 6) is -0.530. The third kappa shape index (κ3) is 3.70. The Morgan fingerprint density at radius 2 is 2.11 bits per heavy atom. The lowest BCUT2D eigenvalue weighted by molar-refractivity contribution is -0.138. The number of hydrogen-bond donors (Lipinski definition) is 1. The molecule has 1 N–H and O–H groups in total. The molecule has 0 bridgehead atoms. The zero-order chi connectivity index (χ0) is 13.8. The minimum absolute atomic E-state index is 0.242. The Hall–Kier alpha value is -1.55. The first-order chi connectivity index (χ1) is 9.06. The SMILES string of the molecule is CC(C(=O)O)c1cccc(OC2CCN(C)CC2)c1. The highest BCUT2D eigenvalue weighted by atomic mass is 16.5. The number of hydrogen-bond acceptors (Lipinski definition) is 3. The van der Waals surface area contributed by atoms with Crippen molar-refractivity contribution in [3.05, 3.63) is 29.8 Å². The van der Waals surface area contributed by atoms with Gasteiger partial charge in [0.05, 0.1) is 5.92 Å². The van der Waals surface area contributed by atoms with Crippen molar-refractivity contribution in [2.75, 3.05) is 20.1 Å². The number of carbonyl (C=O) groups is 1. The number of benzene rings is 1. The van der Waals surface area contributed by atoms with Crippen LogP contribution < -0.4 is 4.74 Å². The van der Waals surface area contributed by atoms with Gasteiger partial charge in [-0.05, 0) is 44.5 Å². The molecule has 0 aromatic heterocycles. The second kappa shape index (κ2) is 6.06. The molecule has 0 saturated carbocycles. The lowest BCUT2D eigenvalue weighted by Gasteiger charge is -2.29. The first-order valence-corrected chi connectivity index (χ1v) is 6.74. The van der Waals surface area contributed by atoms with Crippen LogP contribution in [0.2, 0.25) is 0 Å². The van der Waals surface area contributed by atoms with E-state index in [-0.39, 0.29) is 6.10 Å². The number of carboxylic acid groups (broad SMARTS) is 1. The first kappa shape index (κ1) is 13.9. The highest BCUT2D eigenvalue weighted by molar-refractivity contribution is 5.75. The van der Waals surface area contributed by atoms with Crippen molar-refractivity contribution in [1.82, 2.24) is 4.90 Å². The van der Waals surface area contributed by atoms with E-state index in [0.717, 1.165) is 37.2 Å². The monoisotopic (exact) mass is 263 g/mol. The van der Waals surface area contributed by atoms with E-state index in [4.69, 9.17) is 9.84 Å². The van der Waals surface area contributed by atoms with Gasteiger partial charge in [-0.2, -0.15) is 0 Å². The summed E-state index contributed by atoms with van der Waals surface area (Å²) >= 11 is 0. The molecule has 1 aliphatic rings. The van der Waals surface area contributed by atoms with Crippen molar-refractivity contribution in [2.45, 2.75) is 31.8 Å². The molecular weight excluding hydrogens is 242 g/mol. The lowest BCUT2D eigenvalue weighted by atomic mass is 10.0. The summed E-state index contributed by atoms with van der Waals surface area (Å²) < 4.78 is 5.95. The Morgan fingerprint density at radius 1 is 1.42 bits per heavy atom. The maximum Gasteiger partial charge on any atom is 0.310 e. The van der Waals surface area contributed by atoms with Crippen LogP contribution in [0.5, 0.6) is 5.75 Å². The molecule has 1 heterocycles. The zero-order valence-corrected chi connectivity index (χ0v) is 11.5. The summed E-state index contributed by atoms with van der Waals surface area (Å²) in [6.07, 6.45) is 2.29. The number of ether oxygens (including phenoxy) is 1. The van der Waals surface area contributed by atoms with Gasteiger partial charge in [-0.15, -0.1) is 0 Å². The standard InChI is InChI=1S/C15H21NO3/c1-11(15(17)18)12-4-3-5-14(10-12)19-13-6-8-16(2)9-7-13/h3-5,10-11,13H,6-9H2,1-2H3,(H,17,18). The number of rotatable bonds is 4. The van der Waals surface area contributed by atoms with E-state index < -0.39 is 11.9 Å². The topological polar surface area (TPSA) is 49.8 Å². The molecule has 1 aromatic carbocycles. The van der Waals surface area contributed by atoms with Gasteiger partial charge in [0.2, 0.25) is 0 Å². The predicted octanol–water partition coefficient (Wildman–Crippen LogP) is 2.35. The molecule has 0 aliphatic carbocycles. The first-order valence-electron chi connectivity index (χ1n) is 6.74. The number of nitrogens with zero attached hydrogens (tertiary/aromatic N) is 1. The molecule has 2 rings (SSSR count). The van der Waals surface area contributed by atoms with Crippen LogP contribution in [0, 0.1) is 0 Å². The fraction of sp³-hybridized carbons (Fsp3) is 0.533. The van der Waals surface area contributed by atoms with E-state index >= 15 is 0 Å². The van der Waals surface area contributed by atoms with Crippen LogP contribution >= 0.6 is 0 Å². The molecule has 19 heavy (non-hydrogen) atoms. The Morgan fingerprint density at radius 3 is 2.74 bits per heavy atom. The van der Waals surface area contributed by atoms with Crippen LogP contribution in [0.25, 0.3) is 0 Å². The van der Waals surface area contributed by atoms with E-state index in [1.807, 2.05) is 24.3 Å². The van der Waals surface area contributed by atoms with Gasteiger partial charge in [0.1, 0.15) is 11.9 Å². The van der Waals surface area contributed by atoms with Crippen molar-refractivity contribution >= 4 is 5.97 Å². The molecule has 0 radical (unpaired) electrons. The number of likely N-dealkylation sites (tertiary alicyclic amines) is 1. The van der Waals surface area contributed by atoms with E-state index in [1.54, 1.807) is 6.92 Å². The largest absolute Gasteiger partial charge is 0.490 e. The van der Waals surface area contributed by atoms with E-state index in [2.05, 4.69) is 11.9 Å². The maximum atomic E-state index is 11.0. The molecule has 0 amide bonds. The second-order valence-electron chi connectivity index (χ2n) is 5.25. The fourth-order valence-corrected chi connectivity index (χ4v) is 2.29. The van der Waals surface area contributed by atoms with Gasteiger partial charge in [0.25, 0.3) is 0 Å². The van der Waals surface area contributed by atoms with E-state index in [1.165, 1.54) is 0 Å². The minimum atomic E-state index is -0.809. The van der Waals surface area contributed by atoms with Crippen LogP contribution in [-0.2, 0) is 4.79 Å².